The standard InChI is InChI=1S/C10H21NO2/c1-7(2)10(3,4)8(11)6-9(12)13-5/h7-8H,6,11H2,1-5H3. The predicted octanol–water partition coefficient (Wildman–Crippen LogP) is 1.56. The molecular weight excluding hydrogens is 166 g/mol. The van der Waals surface area contributed by atoms with Gasteiger partial charge < -0.3 is 10.5 Å². The highest BCUT2D eigenvalue weighted by molar-refractivity contribution is 5.70. The van der Waals surface area contributed by atoms with Gasteiger partial charge in [-0.3, -0.25) is 4.79 Å². The summed E-state index contributed by atoms with van der Waals surface area (Å²) in [6, 6.07) is -0.139. The number of rotatable bonds is 4. The van der Waals surface area contributed by atoms with Crippen LogP contribution in [0.25, 0.3) is 0 Å². The number of hydrogen-bond donors (Lipinski definition) is 1. The van der Waals surface area contributed by atoms with Crippen molar-refractivity contribution in [3.8, 4) is 0 Å². The molecule has 3 heteroatoms. The van der Waals surface area contributed by atoms with E-state index in [1.54, 1.807) is 0 Å². The number of methoxy groups -OCH3 is 1. The van der Waals surface area contributed by atoms with Crippen LogP contribution in [0.15, 0.2) is 0 Å². The molecular formula is C10H21NO2. The predicted molar refractivity (Wildman–Crippen MR) is 53.2 cm³/mol. The number of esters is 1. The van der Waals surface area contributed by atoms with Gasteiger partial charge in [-0.15, -0.1) is 0 Å². The van der Waals surface area contributed by atoms with Gasteiger partial charge in [-0.25, -0.2) is 0 Å². The Bertz CT molecular complexity index is 176. The fraction of sp³-hybridized carbons (Fsp3) is 0.900. The van der Waals surface area contributed by atoms with E-state index in [0.717, 1.165) is 0 Å². The van der Waals surface area contributed by atoms with Gasteiger partial charge in [-0.05, 0) is 11.3 Å². The average Bonchev–Trinajstić information content (AvgIpc) is 2.03. The van der Waals surface area contributed by atoms with Crippen LogP contribution in [0.3, 0.4) is 0 Å². The zero-order valence-electron chi connectivity index (χ0n) is 9.26. The number of carbonyl (C=O) groups is 1. The summed E-state index contributed by atoms with van der Waals surface area (Å²) >= 11 is 0. The summed E-state index contributed by atoms with van der Waals surface area (Å²) in [4.78, 5) is 11.0. The molecule has 0 aromatic rings. The zero-order chi connectivity index (χ0) is 10.6. The summed E-state index contributed by atoms with van der Waals surface area (Å²) in [5, 5.41) is 0. The van der Waals surface area contributed by atoms with Crippen molar-refractivity contribution >= 4 is 5.97 Å². The molecule has 0 heterocycles. The van der Waals surface area contributed by atoms with E-state index in [1.807, 2.05) is 0 Å². The molecule has 0 amide bonds. The molecule has 78 valence electrons. The quantitative estimate of drug-likeness (QED) is 0.679. The Hall–Kier alpha value is -0.570. The van der Waals surface area contributed by atoms with Crippen LogP contribution in [-0.4, -0.2) is 19.1 Å². The van der Waals surface area contributed by atoms with Crippen molar-refractivity contribution in [2.24, 2.45) is 17.1 Å². The summed E-state index contributed by atoms with van der Waals surface area (Å²) in [5.74, 6) is 0.216. The highest BCUT2D eigenvalue weighted by Gasteiger charge is 2.31. The molecule has 1 unspecified atom stereocenters. The molecule has 0 fully saturated rings. The Balaban J connectivity index is 4.24. The molecule has 13 heavy (non-hydrogen) atoms. The Morgan fingerprint density at radius 1 is 1.46 bits per heavy atom. The van der Waals surface area contributed by atoms with Crippen molar-refractivity contribution in [3.05, 3.63) is 0 Å². The molecule has 0 aliphatic heterocycles. The van der Waals surface area contributed by atoms with Crippen molar-refractivity contribution in [1.82, 2.24) is 0 Å². The van der Waals surface area contributed by atoms with E-state index in [4.69, 9.17) is 5.73 Å². The van der Waals surface area contributed by atoms with Gasteiger partial charge in [0.1, 0.15) is 0 Å². The Morgan fingerprint density at radius 2 is 1.92 bits per heavy atom. The second kappa shape index (κ2) is 4.61. The first kappa shape index (κ1) is 12.4. The zero-order valence-corrected chi connectivity index (χ0v) is 9.26. The highest BCUT2D eigenvalue weighted by Crippen LogP contribution is 2.30. The van der Waals surface area contributed by atoms with E-state index in [2.05, 4.69) is 32.4 Å². The summed E-state index contributed by atoms with van der Waals surface area (Å²) in [6.07, 6.45) is 0.293. The van der Waals surface area contributed by atoms with Gasteiger partial charge in [0.05, 0.1) is 13.5 Å². The summed E-state index contributed by atoms with van der Waals surface area (Å²) in [7, 11) is 1.39. The van der Waals surface area contributed by atoms with Crippen LogP contribution < -0.4 is 5.73 Å². The lowest BCUT2D eigenvalue weighted by molar-refractivity contribution is -0.141. The third kappa shape index (κ3) is 3.35. The van der Waals surface area contributed by atoms with Crippen molar-refractivity contribution in [2.45, 2.75) is 40.2 Å². The SMILES string of the molecule is COC(=O)CC(N)C(C)(C)C(C)C. The molecule has 0 saturated heterocycles. The minimum atomic E-state index is -0.235. The van der Waals surface area contributed by atoms with E-state index in [9.17, 15) is 4.79 Å². The maximum atomic E-state index is 11.0. The average molecular weight is 187 g/mol. The molecule has 1 atom stereocenters. The second-order valence-electron chi connectivity index (χ2n) is 4.36. The molecule has 0 radical (unpaired) electrons. The normalized spacial score (nSPS) is 14.4. The molecule has 0 spiro atoms. The lowest BCUT2D eigenvalue weighted by Crippen LogP contribution is -2.42. The minimum absolute atomic E-state index is 0.0335. The van der Waals surface area contributed by atoms with E-state index in [1.165, 1.54) is 7.11 Å². The fourth-order valence-electron chi connectivity index (χ4n) is 0.954. The monoisotopic (exact) mass is 187 g/mol. The smallest absolute Gasteiger partial charge is 0.307 e. The van der Waals surface area contributed by atoms with Crippen LogP contribution in [0, 0.1) is 11.3 Å². The highest BCUT2D eigenvalue weighted by atomic mass is 16.5. The molecule has 0 aliphatic carbocycles. The van der Waals surface area contributed by atoms with Crippen LogP contribution >= 0.6 is 0 Å². The first-order valence-corrected chi connectivity index (χ1v) is 4.64. The summed E-state index contributed by atoms with van der Waals surface area (Å²) in [5.41, 5.74) is 5.89. The van der Waals surface area contributed by atoms with Crippen molar-refractivity contribution in [2.75, 3.05) is 7.11 Å². The lowest BCUT2D eigenvalue weighted by atomic mass is 9.74. The van der Waals surface area contributed by atoms with Gasteiger partial charge in [0.2, 0.25) is 0 Å². The molecule has 0 aromatic heterocycles. The van der Waals surface area contributed by atoms with Crippen LogP contribution in [0.4, 0.5) is 0 Å². The van der Waals surface area contributed by atoms with Crippen LogP contribution in [0.1, 0.15) is 34.1 Å². The van der Waals surface area contributed by atoms with Crippen LogP contribution in [-0.2, 0) is 9.53 Å². The summed E-state index contributed by atoms with van der Waals surface area (Å²) in [6.45, 7) is 8.37. The minimum Gasteiger partial charge on any atom is -0.469 e. The molecule has 3 nitrogen and oxygen atoms in total. The second-order valence-corrected chi connectivity index (χ2v) is 4.36. The first-order valence-electron chi connectivity index (χ1n) is 4.64. The Labute approximate surface area is 80.6 Å². The van der Waals surface area contributed by atoms with Gasteiger partial charge in [-0.1, -0.05) is 27.7 Å². The van der Waals surface area contributed by atoms with E-state index in [-0.39, 0.29) is 17.4 Å². The molecule has 0 saturated carbocycles. The van der Waals surface area contributed by atoms with Crippen LogP contribution in [0.5, 0.6) is 0 Å². The Morgan fingerprint density at radius 3 is 2.23 bits per heavy atom. The van der Waals surface area contributed by atoms with Crippen molar-refractivity contribution < 1.29 is 9.53 Å². The molecule has 0 bridgehead atoms. The number of carbonyl (C=O) groups excluding carboxylic acids is 1. The number of nitrogens with two attached hydrogens (primary N) is 1. The first-order chi connectivity index (χ1) is 5.82. The van der Waals surface area contributed by atoms with Gasteiger partial charge in [0.25, 0.3) is 0 Å². The van der Waals surface area contributed by atoms with E-state index < -0.39 is 0 Å². The summed E-state index contributed by atoms with van der Waals surface area (Å²) < 4.78 is 4.58. The largest absolute Gasteiger partial charge is 0.469 e. The maximum absolute atomic E-state index is 11.0. The fourth-order valence-corrected chi connectivity index (χ4v) is 0.954. The van der Waals surface area contributed by atoms with E-state index >= 15 is 0 Å². The third-order valence-electron chi connectivity index (χ3n) is 3.06. The third-order valence-corrected chi connectivity index (χ3v) is 3.06. The molecule has 2 N–H and O–H groups in total. The van der Waals surface area contributed by atoms with Gasteiger partial charge in [0.15, 0.2) is 0 Å². The number of hydrogen-bond acceptors (Lipinski definition) is 3. The van der Waals surface area contributed by atoms with Gasteiger partial charge in [-0.2, -0.15) is 0 Å². The lowest BCUT2D eigenvalue weighted by Gasteiger charge is -2.34. The maximum Gasteiger partial charge on any atom is 0.307 e. The van der Waals surface area contributed by atoms with Crippen LogP contribution in [0.2, 0.25) is 0 Å². The van der Waals surface area contributed by atoms with Crippen molar-refractivity contribution in [3.63, 3.8) is 0 Å². The van der Waals surface area contributed by atoms with Gasteiger partial charge >= 0.3 is 5.97 Å². The molecule has 0 rings (SSSR count). The van der Waals surface area contributed by atoms with Gasteiger partial charge in [0, 0.05) is 6.04 Å². The number of ether oxygens (including phenoxy) is 1. The van der Waals surface area contributed by atoms with Crippen molar-refractivity contribution in [1.29, 1.82) is 0 Å². The molecule has 0 aliphatic rings. The topological polar surface area (TPSA) is 52.3 Å². The molecule has 0 aromatic carbocycles. The van der Waals surface area contributed by atoms with E-state index in [0.29, 0.717) is 12.3 Å². The Kier molecular flexibility index (Phi) is 4.40.